The number of halogens is 1. The van der Waals surface area contributed by atoms with E-state index in [1.54, 1.807) is 26.0 Å². The van der Waals surface area contributed by atoms with Crippen LogP contribution < -0.4 is 11.5 Å². The molecule has 30 heavy (non-hydrogen) atoms. The van der Waals surface area contributed by atoms with Crippen LogP contribution in [0.1, 0.15) is 33.3 Å². The van der Waals surface area contributed by atoms with Gasteiger partial charge in [0, 0.05) is 21.4 Å². The molecule has 0 fully saturated rings. The molecule has 6 N–H and O–H groups in total. The summed E-state index contributed by atoms with van der Waals surface area (Å²) in [6.07, 6.45) is 2.01. The van der Waals surface area contributed by atoms with Gasteiger partial charge in [0.1, 0.15) is 17.3 Å². The Labute approximate surface area is 186 Å². The van der Waals surface area contributed by atoms with E-state index in [4.69, 9.17) is 16.6 Å². The quantitative estimate of drug-likeness (QED) is 0.286. The number of rotatable bonds is 1. The van der Waals surface area contributed by atoms with Gasteiger partial charge in [0.2, 0.25) is 0 Å². The molecule has 0 radical (unpaired) electrons. The summed E-state index contributed by atoms with van der Waals surface area (Å²) >= 11 is 3.28. The highest BCUT2D eigenvalue weighted by Gasteiger charge is 2.06. The standard InChI is InChI=1S/C11H13NO.C6H6BrN.C6H8O3/c1-11(2,13)7-6-9-4-3-5-10(12)8-9;7-5-2-1-3-6(8)4-5;1-6(2,8)3-4-9-5-7/h3-5,8,13H,12H2,1-2H3;1-4H,8H2;5,8H,1-2H3. The minimum absolute atomic E-state index is 0.207. The summed E-state index contributed by atoms with van der Waals surface area (Å²) in [4.78, 5) is 9.48. The predicted molar refractivity (Wildman–Crippen MR) is 124 cm³/mol. The van der Waals surface area contributed by atoms with Crippen LogP contribution in [0.4, 0.5) is 11.4 Å². The number of benzene rings is 2. The second kappa shape index (κ2) is 13.3. The summed E-state index contributed by atoms with van der Waals surface area (Å²) in [7, 11) is 0. The number of hydrogen-bond acceptors (Lipinski definition) is 6. The lowest BCUT2D eigenvalue weighted by Gasteiger charge is -2.05. The first-order valence-corrected chi connectivity index (χ1v) is 9.57. The van der Waals surface area contributed by atoms with E-state index in [9.17, 15) is 9.90 Å². The highest BCUT2D eigenvalue weighted by molar-refractivity contribution is 9.10. The maximum absolute atomic E-state index is 9.48. The van der Waals surface area contributed by atoms with E-state index in [0.717, 1.165) is 15.7 Å². The molecule has 0 aromatic heterocycles. The lowest BCUT2D eigenvalue weighted by atomic mass is 10.1. The number of anilines is 2. The molecule has 0 aliphatic rings. The van der Waals surface area contributed by atoms with Crippen LogP contribution in [-0.2, 0) is 9.53 Å². The minimum atomic E-state index is -1.09. The van der Waals surface area contributed by atoms with Crippen molar-refractivity contribution in [2.45, 2.75) is 38.9 Å². The Morgan fingerprint density at radius 3 is 1.87 bits per heavy atom. The summed E-state index contributed by atoms with van der Waals surface area (Å²) in [6, 6.07) is 14.8. The first-order chi connectivity index (χ1) is 13.8. The Bertz CT molecular complexity index is 907. The zero-order chi connectivity index (χ0) is 23.2. The maximum atomic E-state index is 9.48. The van der Waals surface area contributed by atoms with Gasteiger partial charge in [-0.3, -0.25) is 4.79 Å². The zero-order valence-electron chi connectivity index (χ0n) is 17.4. The van der Waals surface area contributed by atoms with Gasteiger partial charge in [0.25, 0.3) is 0 Å². The molecule has 160 valence electrons. The third-order valence-corrected chi connectivity index (χ3v) is 3.21. The highest BCUT2D eigenvalue weighted by atomic mass is 79.9. The van der Waals surface area contributed by atoms with Crippen LogP contribution in [-0.4, -0.2) is 27.9 Å². The van der Waals surface area contributed by atoms with Gasteiger partial charge in [-0.1, -0.05) is 39.9 Å². The second-order valence-corrected chi connectivity index (χ2v) is 7.91. The van der Waals surface area contributed by atoms with Crippen LogP contribution in [0.25, 0.3) is 0 Å². The van der Waals surface area contributed by atoms with E-state index in [1.807, 2.05) is 42.5 Å². The molecule has 0 saturated heterocycles. The molecule has 2 aromatic carbocycles. The lowest BCUT2D eigenvalue weighted by molar-refractivity contribution is -0.122. The Morgan fingerprint density at radius 2 is 1.47 bits per heavy atom. The first-order valence-electron chi connectivity index (χ1n) is 8.78. The fourth-order valence-corrected chi connectivity index (χ4v) is 1.94. The largest absolute Gasteiger partial charge is 0.399 e. The fraction of sp³-hybridized carbons (Fsp3) is 0.261. The summed E-state index contributed by atoms with van der Waals surface area (Å²) in [6.45, 7) is 6.49. The van der Waals surface area contributed by atoms with Crippen molar-refractivity contribution in [1.82, 2.24) is 0 Å². The van der Waals surface area contributed by atoms with Crippen molar-refractivity contribution in [3.63, 3.8) is 0 Å². The summed E-state index contributed by atoms with van der Waals surface area (Å²) < 4.78 is 5.03. The molecule has 0 bridgehead atoms. The highest BCUT2D eigenvalue weighted by Crippen LogP contribution is 2.11. The third kappa shape index (κ3) is 17.2. The minimum Gasteiger partial charge on any atom is -0.399 e. The van der Waals surface area contributed by atoms with Crippen LogP contribution in [0.2, 0.25) is 0 Å². The molecular weight excluding hydrogens is 448 g/mol. The van der Waals surface area contributed by atoms with E-state index in [0.29, 0.717) is 5.69 Å². The van der Waals surface area contributed by atoms with Crippen molar-refractivity contribution in [3.05, 3.63) is 58.6 Å². The molecule has 7 heteroatoms. The van der Waals surface area contributed by atoms with E-state index in [1.165, 1.54) is 13.8 Å². The van der Waals surface area contributed by atoms with E-state index in [-0.39, 0.29) is 6.47 Å². The molecule has 0 amide bonds. The smallest absolute Gasteiger partial charge is 0.307 e. The third-order valence-electron chi connectivity index (χ3n) is 2.71. The van der Waals surface area contributed by atoms with Crippen molar-refractivity contribution in [3.8, 4) is 23.9 Å². The van der Waals surface area contributed by atoms with Gasteiger partial charge in [-0.15, -0.1) is 0 Å². The molecule has 0 saturated carbocycles. The van der Waals surface area contributed by atoms with E-state index >= 15 is 0 Å². The molecular formula is C23H27BrN2O4. The number of ether oxygens (including phenoxy) is 1. The second-order valence-electron chi connectivity index (χ2n) is 6.99. The van der Waals surface area contributed by atoms with Crippen LogP contribution in [0.5, 0.6) is 0 Å². The molecule has 0 heterocycles. The molecule has 0 atom stereocenters. The molecule has 2 rings (SSSR count). The van der Waals surface area contributed by atoms with Crippen molar-refractivity contribution < 1.29 is 19.7 Å². The van der Waals surface area contributed by atoms with Crippen LogP contribution in [0.3, 0.4) is 0 Å². The van der Waals surface area contributed by atoms with Crippen LogP contribution >= 0.6 is 15.9 Å². The van der Waals surface area contributed by atoms with Gasteiger partial charge in [0.15, 0.2) is 0 Å². The Balaban J connectivity index is 0.000000438. The number of carbonyl (C=O) groups excluding carboxylic acids is 1. The average molecular weight is 475 g/mol. The van der Waals surface area contributed by atoms with Crippen molar-refractivity contribution in [2.75, 3.05) is 11.5 Å². The Kier molecular flexibility index (Phi) is 12.0. The summed E-state index contributed by atoms with van der Waals surface area (Å²) in [5.74, 6) is 7.84. The number of carbonyl (C=O) groups is 1. The number of nitrogen functional groups attached to an aromatic ring is 2. The first kappa shape index (κ1) is 27.0. The van der Waals surface area contributed by atoms with Gasteiger partial charge >= 0.3 is 6.47 Å². The summed E-state index contributed by atoms with van der Waals surface area (Å²) in [5.41, 5.74) is 11.2. The Hall–Kier alpha value is -2.97. The number of hydrogen-bond donors (Lipinski definition) is 4. The van der Waals surface area contributed by atoms with Gasteiger partial charge in [-0.25, -0.2) is 0 Å². The van der Waals surface area contributed by atoms with Crippen LogP contribution in [0.15, 0.2) is 53.0 Å². The van der Waals surface area contributed by atoms with E-state index in [2.05, 4.69) is 38.4 Å². The van der Waals surface area contributed by atoms with Gasteiger partial charge in [0.05, 0.1) is 0 Å². The SMILES string of the molecule is CC(C)(O)C#COC=O.CC(C)(O)C#Cc1cccc(N)c1.Nc1cccc(Br)c1. The molecule has 0 spiro atoms. The van der Waals surface area contributed by atoms with Gasteiger partial charge in [-0.05, 0) is 70.0 Å². The fourth-order valence-electron chi connectivity index (χ4n) is 1.53. The van der Waals surface area contributed by atoms with E-state index < -0.39 is 11.2 Å². The molecule has 6 nitrogen and oxygen atoms in total. The number of aliphatic hydroxyl groups is 2. The molecule has 0 unspecified atom stereocenters. The molecule has 0 aliphatic carbocycles. The topological polar surface area (TPSA) is 119 Å². The van der Waals surface area contributed by atoms with Crippen LogP contribution in [0, 0.1) is 23.9 Å². The maximum Gasteiger partial charge on any atom is 0.307 e. The van der Waals surface area contributed by atoms with Gasteiger partial charge < -0.3 is 26.4 Å². The number of nitrogens with two attached hydrogens (primary N) is 2. The lowest BCUT2D eigenvalue weighted by Crippen LogP contribution is -2.14. The zero-order valence-corrected chi connectivity index (χ0v) is 19.0. The predicted octanol–water partition coefficient (Wildman–Crippen LogP) is 3.31. The van der Waals surface area contributed by atoms with Crippen molar-refractivity contribution in [2.24, 2.45) is 0 Å². The van der Waals surface area contributed by atoms with Gasteiger partial charge in [-0.2, -0.15) is 0 Å². The average Bonchev–Trinajstić information content (AvgIpc) is 2.60. The monoisotopic (exact) mass is 474 g/mol. The molecule has 2 aromatic rings. The van der Waals surface area contributed by atoms with Crippen molar-refractivity contribution in [1.29, 1.82) is 0 Å². The molecule has 0 aliphatic heterocycles. The summed E-state index contributed by atoms with van der Waals surface area (Å²) in [5, 5.41) is 18.2. The van der Waals surface area contributed by atoms with Crippen molar-refractivity contribution >= 4 is 33.8 Å². The normalized spacial score (nSPS) is 9.70. The Morgan fingerprint density at radius 1 is 0.933 bits per heavy atom.